The molecule has 0 bridgehead atoms. The highest BCUT2D eigenvalue weighted by Gasteiger charge is 2.23. The van der Waals surface area contributed by atoms with Gasteiger partial charge in [0.05, 0.1) is 19.0 Å². The molecule has 1 aliphatic rings. The second-order valence-electron chi connectivity index (χ2n) is 7.46. The van der Waals surface area contributed by atoms with E-state index in [2.05, 4.69) is 61.1 Å². The van der Waals surface area contributed by atoms with Gasteiger partial charge in [0.15, 0.2) is 5.16 Å². The summed E-state index contributed by atoms with van der Waals surface area (Å²) >= 11 is 1.46. The predicted octanol–water partition coefficient (Wildman–Crippen LogP) is 2.81. The molecule has 0 aliphatic carbocycles. The summed E-state index contributed by atoms with van der Waals surface area (Å²) in [5, 5.41) is 3.97. The van der Waals surface area contributed by atoms with Gasteiger partial charge in [0.2, 0.25) is 5.91 Å². The Morgan fingerprint density at radius 3 is 2.57 bits per heavy atom. The lowest BCUT2D eigenvalue weighted by Crippen LogP contribution is -2.52. The van der Waals surface area contributed by atoms with Crippen molar-refractivity contribution < 1.29 is 9.53 Å². The molecular weight excluding hydrogens is 372 g/mol. The molecule has 7 heteroatoms. The molecule has 0 radical (unpaired) electrons. The van der Waals surface area contributed by atoms with Gasteiger partial charge in [-0.15, -0.1) is 0 Å². The molecule has 1 fully saturated rings. The number of aryl methyl sites for hydroxylation is 2. The van der Waals surface area contributed by atoms with Crippen LogP contribution < -0.4 is 5.32 Å². The Balaban J connectivity index is 1.56. The van der Waals surface area contributed by atoms with Gasteiger partial charge in [-0.1, -0.05) is 17.8 Å². The highest BCUT2D eigenvalue weighted by molar-refractivity contribution is 7.99. The van der Waals surface area contributed by atoms with Crippen LogP contribution in [0.15, 0.2) is 35.7 Å². The van der Waals surface area contributed by atoms with Gasteiger partial charge in [-0.05, 0) is 51.0 Å². The Kier molecular flexibility index (Phi) is 7.15. The van der Waals surface area contributed by atoms with Crippen molar-refractivity contribution in [3.05, 3.63) is 41.7 Å². The normalized spacial score (nSPS) is 17.3. The summed E-state index contributed by atoms with van der Waals surface area (Å²) in [5.74, 6) is 0.384. The molecule has 1 aromatic heterocycles. The first-order valence-electron chi connectivity index (χ1n) is 9.80. The third-order valence-corrected chi connectivity index (χ3v) is 6.12. The zero-order chi connectivity index (χ0) is 20.1. The van der Waals surface area contributed by atoms with Crippen LogP contribution in [0.3, 0.4) is 0 Å². The Morgan fingerprint density at radius 1 is 1.21 bits per heavy atom. The van der Waals surface area contributed by atoms with Crippen LogP contribution >= 0.6 is 11.8 Å². The molecule has 2 unspecified atom stereocenters. The molecule has 0 spiro atoms. The molecule has 1 aromatic carbocycles. The topological polar surface area (TPSA) is 59.4 Å². The predicted molar refractivity (Wildman–Crippen MR) is 113 cm³/mol. The smallest absolute Gasteiger partial charge is 0.230 e. The van der Waals surface area contributed by atoms with E-state index >= 15 is 0 Å². The minimum absolute atomic E-state index is 0.0348. The summed E-state index contributed by atoms with van der Waals surface area (Å²) < 4.78 is 7.45. The van der Waals surface area contributed by atoms with Gasteiger partial charge < -0.3 is 10.1 Å². The van der Waals surface area contributed by atoms with Crippen molar-refractivity contribution in [2.45, 2.75) is 44.9 Å². The van der Waals surface area contributed by atoms with Crippen molar-refractivity contribution in [1.29, 1.82) is 0 Å². The van der Waals surface area contributed by atoms with Crippen LogP contribution in [0.2, 0.25) is 0 Å². The van der Waals surface area contributed by atoms with Crippen molar-refractivity contribution >= 4 is 17.7 Å². The average molecular weight is 403 g/mol. The molecule has 1 saturated heterocycles. The van der Waals surface area contributed by atoms with Crippen molar-refractivity contribution in [2.24, 2.45) is 0 Å². The van der Waals surface area contributed by atoms with Gasteiger partial charge in [-0.3, -0.25) is 14.3 Å². The van der Waals surface area contributed by atoms with Crippen LogP contribution in [-0.4, -0.2) is 64.5 Å². The lowest BCUT2D eigenvalue weighted by atomic mass is 10.1. The number of imidazole rings is 1. The van der Waals surface area contributed by atoms with E-state index in [4.69, 9.17) is 4.74 Å². The minimum atomic E-state index is 0.0348. The Bertz CT molecular complexity index is 781. The summed E-state index contributed by atoms with van der Waals surface area (Å²) in [5.41, 5.74) is 3.50. The Morgan fingerprint density at radius 2 is 1.89 bits per heavy atom. The maximum absolute atomic E-state index is 12.5. The van der Waals surface area contributed by atoms with Crippen LogP contribution in [0.5, 0.6) is 0 Å². The van der Waals surface area contributed by atoms with Gasteiger partial charge in [-0.2, -0.15) is 0 Å². The van der Waals surface area contributed by atoms with Gasteiger partial charge in [0.25, 0.3) is 0 Å². The van der Waals surface area contributed by atoms with Crippen molar-refractivity contribution in [1.82, 2.24) is 19.8 Å². The molecule has 6 nitrogen and oxygen atoms in total. The van der Waals surface area contributed by atoms with E-state index in [-0.39, 0.29) is 18.0 Å². The van der Waals surface area contributed by atoms with E-state index in [0.717, 1.165) is 37.1 Å². The van der Waals surface area contributed by atoms with Crippen LogP contribution in [0, 0.1) is 13.8 Å². The summed E-state index contributed by atoms with van der Waals surface area (Å²) in [7, 11) is 0. The third kappa shape index (κ3) is 5.37. The van der Waals surface area contributed by atoms with E-state index in [9.17, 15) is 4.79 Å². The number of thioether (sulfide) groups is 1. The van der Waals surface area contributed by atoms with Crippen molar-refractivity contribution in [3.8, 4) is 5.69 Å². The van der Waals surface area contributed by atoms with Crippen LogP contribution in [0.4, 0.5) is 0 Å². The minimum Gasteiger partial charge on any atom is -0.379 e. The van der Waals surface area contributed by atoms with E-state index < -0.39 is 0 Å². The number of rotatable bonds is 7. The Labute approximate surface area is 171 Å². The number of aromatic nitrogens is 2. The molecular formula is C21H30N4O2S. The lowest BCUT2D eigenvalue weighted by molar-refractivity contribution is -0.119. The molecule has 28 heavy (non-hydrogen) atoms. The first-order valence-corrected chi connectivity index (χ1v) is 10.8. The van der Waals surface area contributed by atoms with Gasteiger partial charge >= 0.3 is 0 Å². The highest BCUT2D eigenvalue weighted by Crippen LogP contribution is 2.22. The molecule has 2 atom stereocenters. The Hall–Kier alpha value is -1.83. The zero-order valence-corrected chi connectivity index (χ0v) is 18.0. The summed E-state index contributed by atoms with van der Waals surface area (Å²) in [6.07, 6.45) is 3.72. The number of hydrogen-bond donors (Lipinski definition) is 1. The zero-order valence-electron chi connectivity index (χ0n) is 17.1. The van der Waals surface area contributed by atoms with Crippen molar-refractivity contribution in [2.75, 3.05) is 32.1 Å². The molecule has 3 rings (SSSR count). The summed E-state index contributed by atoms with van der Waals surface area (Å²) in [4.78, 5) is 19.3. The van der Waals surface area contributed by atoms with Gasteiger partial charge in [0, 0.05) is 43.3 Å². The van der Waals surface area contributed by atoms with E-state index in [1.54, 1.807) is 6.20 Å². The average Bonchev–Trinajstić information content (AvgIpc) is 3.14. The maximum atomic E-state index is 12.5. The maximum Gasteiger partial charge on any atom is 0.230 e. The standard InChI is InChI=1S/C21H30N4O2S/c1-15-11-16(2)13-19(12-15)25-6-5-22-21(25)28-14-20(26)23-17(3)18(4)24-7-9-27-10-8-24/h5-6,11-13,17-18H,7-10,14H2,1-4H3,(H,23,26). The lowest BCUT2D eigenvalue weighted by Gasteiger charge is -2.35. The summed E-state index contributed by atoms with van der Waals surface area (Å²) in [6.45, 7) is 11.8. The number of carbonyl (C=O) groups is 1. The number of nitrogens with one attached hydrogen (secondary N) is 1. The molecule has 1 amide bonds. The molecule has 152 valence electrons. The van der Waals surface area contributed by atoms with Crippen LogP contribution in [0.25, 0.3) is 5.69 Å². The molecule has 2 aromatic rings. The fourth-order valence-corrected chi connectivity index (χ4v) is 4.31. The monoisotopic (exact) mass is 402 g/mol. The first-order chi connectivity index (χ1) is 13.4. The van der Waals surface area contributed by atoms with Gasteiger partial charge in [0.1, 0.15) is 0 Å². The number of amides is 1. The largest absolute Gasteiger partial charge is 0.379 e. The van der Waals surface area contributed by atoms with Crippen molar-refractivity contribution in [3.63, 3.8) is 0 Å². The number of hydrogen-bond acceptors (Lipinski definition) is 5. The number of ether oxygens (including phenoxy) is 1. The molecule has 2 heterocycles. The number of morpholine rings is 1. The number of carbonyl (C=O) groups excluding carboxylic acids is 1. The molecule has 1 aliphatic heterocycles. The second-order valence-corrected chi connectivity index (χ2v) is 8.40. The second kappa shape index (κ2) is 9.58. The molecule has 1 N–H and O–H groups in total. The number of nitrogens with zero attached hydrogens (tertiary/aromatic N) is 3. The third-order valence-electron chi connectivity index (χ3n) is 5.16. The van der Waals surface area contributed by atoms with Crippen LogP contribution in [0.1, 0.15) is 25.0 Å². The quantitative estimate of drug-likeness (QED) is 0.722. The van der Waals surface area contributed by atoms with E-state index in [1.807, 2.05) is 10.8 Å². The fourth-order valence-electron chi connectivity index (χ4n) is 3.53. The van der Waals surface area contributed by atoms with E-state index in [0.29, 0.717) is 5.75 Å². The fraction of sp³-hybridized carbons (Fsp3) is 0.524. The highest BCUT2D eigenvalue weighted by atomic mass is 32.2. The van der Waals surface area contributed by atoms with Crippen LogP contribution in [-0.2, 0) is 9.53 Å². The molecule has 0 saturated carbocycles. The van der Waals surface area contributed by atoms with Gasteiger partial charge in [-0.25, -0.2) is 4.98 Å². The van der Waals surface area contributed by atoms with E-state index in [1.165, 1.54) is 22.9 Å². The number of benzene rings is 1. The summed E-state index contributed by atoms with van der Waals surface area (Å²) in [6, 6.07) is 6.79. The SMILES string of the molecule is Cc1cc(C)cc(-n2ccnc2SCC(=O)NC(C)C(C)N2CCOCC2)c1. The first kappa shape index (κ1) is 20.9.